The number of hydrogen-bond donors (Lipinski definition) is 0. The third-order valence-corrected chi connectivity index (χ3v) is 4.51. The zero-order chi connectivity index (χ0) is 14.1. The Bertz CT molecular complexity index is 594. The lowest BCUT2D eigenvalue weighted by atomic mass is 10.3. The van der Waals surface area contributed by atoms with Crippen LogP contribution in [-0.4, -0.2) is 20.0 Å². The van der Waals surface area contributed by atoms with Gasteiger partial charge in [-0.15, -0.1) is 0 Å². The number of rotatable bonds is 4. The van der Waals surface area contributed by atoms with Crippen molar-refractivity contribution in [3.63, 3.8) is 0 Å². The molecular weight excluding hydrogens is 410 g/mol. The van der Waals surface area contributed by atoms with E-state index in [2.05, 4.69) is 4.74 Å². The topological polar surface area (TPSA) is 86.5 Å². The van der Waals surface area contributed by atoms with Gasteiger partial charge in [0.1, 0.15) is 14.2 Å². The van der Waals surface area contributed by atoms with E-state index in [0.717, 1.165) is 12.1 Å². The van der Waals surface area contributed by atoms with Crippen molar-refractivity contribution in [2.75, 3.05) is 0 Å². The molecule has 0 aromatic heterocycles. The second-order valence-corrected chi connectivity index (χ2v) is 6.38. The molecule has 0 aliphatic carbocycles. The molecule has 18 heavy (non-hydrogen) atoms. The highest BCUT2D eigenvalue weighted by Gasteiger charge is 2.29. The average molecular weight is 414 g/mol. The second kappa shape index (κ2) is 5.48. The standard InChI is InChI=1S/C7H3ClF2INO5S/c8-18(15,16)6-4(17-7(9)10)2-1-3(5(6)11)12(13)14/h1-2,7H. The molecule has 0 saturated heterocycles. The molecule has 0 N–H and O–H groups in total. The van der Waals surface area contributed by atoms with E-state index < -0.39 is 40.5 Å². The van der Waals surface area contributed by atoms with E-state index in [4.69, 9.17) is 10.7 Å². The Morgan fingerprint density at radius 3 is 2.39 bits per heavy atom. The quantitative estimate of drug-likeness (QED) is 0.328. The van der Waals surface area contributed by atoms with E-state index in [9.17, 15) is 27.3 Å². The molecule has 0 bridgehead atoms. The van der Waals surface area contributed by atoms with Crippen LogP contribution < -0.4 is 4.74 Å². The number of halogens is 4. The molecule has 0 spiro atoms. The fourth-order valence-corrected chi connectivity index (χ4v) is 4.12. The predicted octanol–water partition coefficient (Wildman–Crippen LogP) is 2.73. The fraction of sp³-hybridized carbons (Fsp3) is 0.143. The van der Waals surface area contributed by atoms with E-state index in [1.54, 1.807) is 0 Å². The van der Waals surface area contributed by atoms with Crippen molar-refractivity contribution in [2.24, 2.45) is 0 Å². The molecular formula is C7H3ClF2INO5S. The minimum Gasteiger partial charge on any atom is -0.433 e. The lowest BCUT2D eigenvalue weighted by Crippen LogP contribution is -2.08. The zero-order valence-electron chi connectivity index (χ0n) is 8.14. The van der Waals surface area contributed by atoms with Gasteiger partial charge in [0, 0.05) is 16.7 Å². The van der Waals surface area contributed by atoms with E-state index in [-0.39, 0.29) is 0 Å². The van der Waals surface area contributed by atoms with Gasteiger partial charge in [-0.05, 0) is 28.7 Å². The number of ether oxygens (including phenoxy) is 1. The van der Waals surface area contributed by atoms with Crippen LogP contribution in [0.3, 0.4) is 0 Å². The first-order valence-electron chi connectivity index (χ1n) is 4.01. The van der Waals surface area contributed by atoms with E-state index >= 15 is 0 Å². The summed E-state index contributed by atoms with van der Waals surface area (Å²) >= 11 is 1.32. The van der Waals surface area contributed by atoms with Gasteiger partial charge >= 0.3 is 6.61 Å². The van der Waals surface area contributed by atoms with Gasteiger partial charge in [-0.3, -0.25) is 10.1 Å². The number of hydrogen-bond acceptors (Lipinski definition) is 5. The highest BCUT2D eigenvalue weighted by Crippen LogP contribution is 2.37. The van der Waals surface area contributed by atoms with Crippen LogP contribution in [-0.2, 0) is 9.05 Å². The summed E-state index contributed by atoms with van der Waals surface area (Å²) in [6, 6.07) is 1.60. The Kier molecular flexibility index (Phi) is 4.66. The highest BCUT2D eigenvalue weighted by atomic mass is 127. The molecule has 0 atom stereocenters. The van der Waals surface area contributed by atoms with Crippen LogP contribution in [0.2, 0.25) is 0 Å². The number of nitrogens with zero attached hydrogens (tertiary/aromatic N) is 1. The van der Waals surface area contributed by atoms with Gasteiger partial charge in [0.2, 0.25) is 0 Å². The van der Waals surface area contributed by atoms with Crippen molar-refractivity contribution in [3.8, 4) is 5.75 Å². The molecule has 6 nitrogen and oxygen atoms in total. The van der Waals surface area contributed by atoms with Crippen LogP contribution in [0.1, 0.15) is 0 Å². The molecule has 0 aliphatic heterocycles. The average Bonchev–Trinajstić information content (AvgIpc) is 2.13. The van der Waals surface area contributed by atoms with Crippen molar-refractivity contribution >= 4 is 48.0 Å². The minimum atomic E-state index is -4.46. The maximum absolute atomic E-state index is 12.1. The molecule has 1 aromatic rings. The monoisotopic (exact) mass is 413 g/mol. The molecule has 0 amide bonds. The van der Waals surface area contributed by atoms with Crippen molar-refractivity contribution in [1.29, 1.82) is 0 Å². The number of alkyl halides is 2. The Hall–Kier alpha value is -0.750. The molecule has 0 saturated carbocycles. The van der Waals surface area contributed by atoms with Gasteiger partial charge in [-0.1, -0.05) is 0 Å². The van der Waals surface area contributed by atoms with Gasteiger partial charge in [-0.2, -0.15) is 8.78 Å². The van der Waals surface area contributed by atoms with Gasteiger partial charge in [0.25, 0.3) is 14.7 Å². The molecule has 1 aromatic carbocycles. The van der Waals surface area contributed by atoms with Gasteiger partial charge in [0.15, 0.2) is 0 Å². The molecule has 0 aliphatic rings. The summed E-state index contributed by atoms with van der Waals surface area (Å²) in [6.45, 7) is -3.28. The number of nitro benzene ring substituents is 1. The summed E-state index contributed by atoms with van der Waals surface area (Å²) in [7, 11) is 0.585. The molecule has 1 rings (SSSR count). The molecule has 0 radical (unpaired) electrons. The first kappa shape index (κ1) is 15.3. The molecule has 0 fully saturated rings. The first-order chi connectivity index (χ1) is 8.14. The predicted molar refractivity (Wildman–Crippen MR) is 65.5 cm³/mol. The summed E-state index contributed by atoms with van der Waals surface area (Å²) in [4.78, 5) is 8.90. The first-order valence-corrected chi connectivity index (χ1v) is 7.39. The summed E-state index contributed by atoms with van der Waals surface area (Å²) in [6.07, 6.45) is 0. The summed E-state index contributed by atoms with van der Waals surface area (Å²) in [5, 5.41) is 10.6. The molecule has 100 valence electrons. The third kappa shape index (κ3) is 3.38. The Labute approximate surface area is 118 Å². The number of benzene rings is 1. The van der Waals surface area contributed by atoms with Gasteiger partial charge in [-0.25, -0.2) is 8.42 Å². The van der Waals surface area contributed by atoms with E-state index in [1.807, 2.05) is 0 Å². The largest absolute Gasteiger partial charge is 0.433 e. The van der Waals surface area contributed by atoms with Crippen LogP contribution in [0.25, 0.3) is 0 Å². The molecule has 0 unspecified atom stereocenters. The Morgan fingerprint density at radius 2 is 2.00 bits per heavy atom. The van der Waals surface area contributed by atoms with Gasteiger partial charge < -0.3 is 4.74 Å². The van der Waals surface area contributed by atoms with Crippen molar-refractivity contribution in [3.05, 3.63) is 25.8 Å². The lowest BCUT2D eigenvalue weighted by molar-refractivity contribution is -0.386. The second-order valence-electron chi connectivity index (χ2n) is 2.80. The Balaban J connectivity index is 3.57. The van der Waals surface area contributed by atoms with Crippen LogP contribution >= 0.6 is 33.3 Å². The smallest absolute Gasteiger partial charge is 0.387 e. The van der Waals surface area contributed by atoms with E-state index in [1.165, 1.54) is 22.6 Å². The summed E-state index contributed by atoms with van der Waals surface area (Å²) < 4.78 is 50.2. The highest BCUT2D eigenvalue weighted by molar-refractivity contribution is 14.1. The third-order valence-electron chi connectivity index (χ3n) is 1.70. The minimum absolute atomic E-state index is 0.397. The maximum atomic E-state index is 12.1. The lowest BCUT2D eigenvalue weighted by Gasteiger charge is -2.09. The Morgan fingerprint density at radius 1 is 1.44 bits per heavy atom. The van der Waals surface area contributed by atoms with Crippen molar-refractivity contribution in [2.45, 2.75) is 11.5 Å². The molecule has 0 heterocycles. The van der Waals surface area contributed by atoms with Crippen molar-refractivity contribution in [1.82, 2.24) is 0 Å². The van der Waals surface area contributed by atoms with Crippen LogP contribution in [0, 0.1) is 13.7 Å². The zero-order valence-corrected chi connectivity index (χ0v) is 11.9. The van der Waals surface area contributed by atoms with E-state index in [0.29, 0.717) is 0 Å². The van der Waals surface area contributed by atoms with Crippen LogP contribution in [0.15, 0.2) is 17.0 Å². The summed E-state index contributed by atoms with van der Waals surface area (Å²) in [5.41, 5.74) is -0.573. The van der Waals surface area contributed by atoms with Crippen LogP contribution in [0.4, 0.5) is 14.5 Å². The summed E-state index contributed by atoms with van der Waals surface area (Å²) in [5.74, 6) is -0.741. The van der Waals surface area contributed by atoms with Crippen molar-refractivity contribution < 1.29 is 26.9 Å². The maximum Gasteiger partial charge on any atom is 0.387 e. The normalized spacial score (nSPS) is 11.6. The fourth-order valence-electron chi connectivity index (χ4n) is 1.08. The molecule has 11 heteroatoms. The SMILES string of the molecule is O=[N+]([O-])c1ccc(OC(F)F)c(S(=O)(=O)Cl)c1I. The number of nitro groups is 1. The van der Waals surface area contributed by atoms with Crippen LogP contribution in [0.5, 0.6) is 5.75 Å². The van der Waals surface area contributed by atoms with Gasteiger partial charge in [0.05, 0.1) is 4.92 Å².